The number of carbonyl (C=O) groups excluding carboxylic acids is 1. The van der Waals surface area contributed by atoms with Gasteiger partial charge in [-0.2, -0.15) is 5.10 Å². The van der Waals surface area contributed by atoms with Gasteiger partial charge >= 0.3 is 0 Å². The zero-order valence-corrected chi connectivity index (χ0v) is 16.4. The van der Waals surface area contributed by atoms with Crippen molar-refractivity contribution >= 4 is 34.7 Å². The zero-order valence-electron chi connectivity index (χ0n) is 15.6. The Hall–Kier alpha value is -2.55. The summed E-state index contributed by atoms with van der Waals surface area (Å²) in [6.07, 6.45) is 8.71. The van der Waals surface area contributed by atoms with Gasteiger partial charge in [0.25, 0.3) is 5.92 Å². The lowest BCUT2D eigenvalue weighted by Gasteiger charge is -2.34. The molecule has 10 heteroatoms. The summed E-state index contributed by atoms with van der Waals surface area (Å²) in [7, 11) is 1.81. The molecule has 1 saturated heterocycles. The Morgan fingerprint density at radius 2 is 2.14 bits per heavy atom. The molecule has 0 unspecified atom stereocenters. The third-order valence-corrected chi connectivity index (χ3v) is 6.06. The highest BCUT2D eigenvalue weighted by molar-refractivity contribution is 6.32. The molecule has 0 spiro atoms. The Morgan fingerprint density at radius 3 is 2.79 bits per heavy atom. The number of aryl methyl sites for hydroxylation is 1. The first-order valence-corrected chi connectivity index (χ1v) is 9.89. The number of hydrogen-bond donors (Lipinski definition) is 1. The average molecular weight is 421 g/mol. The lowest BCUT2D eigenvalue weighted by atomic mass is 9.97. The van der Waals surface area contributed by atoms with Crippen molar-refractivity contribution in [3.8, 4) is 0 Å². The number of nitrogens with one attached hydrogen (secondary N) is 1. The van der Waals surface area contributed by atoms with E-state index in [1.807, 2.05) is 13.1 Å². The predicted octanol–water partition coefficient (Wildman–Crippen LogP) is 3.41. The molecule has 7 nitrogen and oxygen atoms in total. The van der Waals surface area contributed by atoms with Gasteiger partial charge in [0.05, 0.1) is 34.8 Å². The van der Waals surface area contributed by atoms with Gasteiger partial charge in [-0.15, -0.1) is 0 Å². The normalized spacial score (nSPS) is 27.0. The Morgan fingerprint density at radius 1 is 1.34 bits per heavy atom. The van der Waals surface area contributed by atoms with E-state index in [0.29, 0.717) is 23.1 Å². The summed E-state index contributed by atoms with van der Waals surface area (Å²) < 4.78 is 28.4. The summed E-state index contributed by atoms with van der Waals surface area (Å²) in [6.45, 7) is 0. The highest BCUT2D eigenvalue weighted by Crippen LogP contribution is 2.51. The molecule has 5 rings (SSSR count). The fourth-order valence-corrected chi connectivity index (χ4v) is 4.49. The second kappa shape index (κ2) is 6.48. The van der Waals surface area contributed by atoms with Gasteiger partial charge < -0.3 is 10.2 Å². The summed E-state index contributed by atoms with van der Waals surface area (Å²) in [5.41, 5.74) is 2.28. The van der Waals surface area contributed by atoms with E-state index in [0.717, 1.165) is 24.1 Å². The highest BCUT2D eigenvalue weighted by atomic mass is 35.5. The summed E-state index contributed by atoms with van der Waals surface area (Å²) in [4.78, 5) is 23.0. The first-order valence-electron chi connectivity index (χ1n) is 9.51. The Bertz CT molecular complexity index is 1020. The van der Waals surface area contributed by atoms with Crippen LogP contribution in [0, 0.1) is 5.92 Å². The fraction of sp³-hybridized carbons (Fsp3) is 0.474. The van der Waals surface area contributed by atoms with Gasteiger partial charge in [-0.1, -0.05) is 17.7 Å². The number of nitrogens with zero attached hydrogens (tertiary/aromatic N) is 5. The molecule has 152 valence electrons. The molecule has 0 radical (unpaired) electrons. The third-order valence-electron chi connectivity index (χ3n) is 5.78. The van der Waals surface area contributed by atoms with Crippen LogP contribution in [-0.4, -0.2) is 48.6 Å². The van der Waals surface area contributed by atoms with Gasteiger partial charge in [0.1, 0.15) is 5.92 Å². The van der Waals surface area contributed by atoms with Crippen molar-refractivity contribution in [3.05, 3.63) is 35.4 Å². The number of anilines is 2. The number of carbonyl (C=O) groups is 1. The minimum absolute atomic E-state index is 0.0929. The van der Waals surface area contributed by atoms with Crippen LogP contribution in [0.1, 0.15) is 31.4 Å². The van der Waals surface area contributed by atoms with E-state index in [-0.39, 0.29) is 18.5 Å². The molecule has 1 aliphatic carbocycles. The number of rotatable bonds is 4. The van der Waals surface area contributed by atoms with Crippen molar-refractivity contribution in [2.75, 3.05) is 5.32 Å². The lowest BCUT2D eigenvalue weighted by molar-refractivity contribution is -0.137. The van der Waals surface area contributed by atoms with E-state index < -0.39 is 17.7 Å². The van der Waals surface area contributed by atoms with Crippen molar-refractivity contribution in [2.24, 2.45) is 13.0 Å². The lowest BCUT2D eigenvalue weighted by Crippen LogP contribution is -2.44. The second-order valence-electron chi connectivity index (χ2n) is 7.88. The van der Waals surface area contributed by atoms with Crippen LogP contribution in [0.2, 0.25) is 5.02 Å². The second-order valence-corrected chi connectivity index (χ2v) is 8.28. The third kappa shape index (κ3) is 3.27. The molecule has 4 heterocycles. The molecule has 29 heavy (non-hydrogen) atoms. The first kappa shape index (κ1) is 18.5. The fourth-order valence-electron chi connectivity index (χ4n) is 4.28. The molecule has 0 aromatic carbocycles. The van der Waals surface area contributed by atoms with Crippen LogP contribution >= 0.6 is 11.6 Å². The molecule has 2 aromatic rings. The summed E-state index contributed by atoms with van der Waals surface area (Å²) in [6, 6.07) is -0.280. The quantitative estimate of drug-likeness (QED) is 0.820. The molecule has 2 aliphatic heterocycles. The number of alkyl halides is 2. The maximum Gasteiger partial charge on any atom is 0.260 e. The van der Waals surface area contributed by atoms with E-state index in [1.165, 1.54) is 6.20 Å². The number of aromatic nitrogens is 4. The predicted molar refractivity (Wildman–Crippen MR) is 103 cm³/mol. The molecule has 3 atom stereocenters. The van der Waals surface area contributed by atoms with Crippen molar-refractivity contribution in [1.82, 2.24) is 24.6 Å². The van der Waals surface area contributed by atoms with E-state index in [1.54, 1.807) is 22.0 Å². The molecule has 1 N–H and O–H groups in total. The van der Waals surface area contributed by atoms with Crippen molar-refractivity contribution in [1.29, 1.82) is 0 Å². The summed E-state index contributed by atoms with van der Waals surface area (Å²) in [5, 5.41) is 7.60. The Balaban J connectivity index is 1.40. The Kier molecular flexibility index (Phi) is 4.13. The van der Waals surface area contributed by atoms with Gasteiger partial charge in [-0.25, -0.2) is 18.7 Å². The monoisotopic (exact) mass is 420 g/mol. The van der Waals surface area contributed by atoms with Gasteiger partial charge in [0.2, 0.25) is 11.9 Å². The molecule has 2 aromatic heterocycles. The average Bonchev–Trinajstić information content (AvgIpc) is 2.97. The Labute approximate surface area is 170 Å². The molecule has 1 saturated carbocycles. The van der Waals surface area contributed by atoms with Gasteiger partial charge in [0, 0.05) is 25.7 Å². The van der Waals surface area contributed by atoms with E-state index >= 15 is 0 Å². The number of halogens is 3. The largest absolute Gasteiger partial charge is 0.332 e. The van der Waals surface area contributed by atoms with E-state index in [2.05, 4.69) is 20.4 Å². The van der Waals surface area contributed by atoms with Crippen LogP contribution in [-0.2, 0) is 11.8 Å². The first-order chi connectivity index (χ1) is 13.8. The standard InChI is InChI=1S/C19H19ClF2N6O/c1-27-9-11(7-24-27)25-18-23-8-15(20)16(26-18)10-4-12-2-3-13(5-10)28(12)17(29)14-6-19(14,21)22/h4,7-9,12-14H,2-3,5-6H2,1H3,(H,23,25,26)/t12-,13+,14-/m0/s1. The van der Waals surface area contributed by atoms with Crippen LogP contribution in [0.3, 0.4) is 0 Å². The van der Waals surface area contributed by atoms with Crippen molar-refractivity contribution in [2.45, 2.75) is 43.7 Å². The number of amides is 1. The summed E-state index contributed by atoms with van der Waals surface area (Å²) >= 11 is 6.36. The number of fused-ring (bicyclic) bond motifs is 2. The molecule has 3 aliphatic rings. The van der Waals surface area contributed by atoms with Crippen LogP contribution in [0.4, 0.5) is 20.4 Å². The highest BCUT2D eigenvalue weighted by Gasteiger charge is 2.63. The van der Waals surface area contributed by atoms with Crippen LogP contribution in [0.15, 0.2) is 24.7 Å². The van der Waals surface area contributed by atoms with Gasteiger partial charge in [0.15, 0.2) is 0 Å². The zero-order chi connectivity index (χ0) is 20.3. The van der Waals surface area contributed by atoms with E-state index in [9.17, 15) is 13.6 Å². The molecular formula is C19H19ClF2N6O. The molecule has 2 bridgehead atoms. The van der Waals surface area contributed by atoms with Crippen molar-refractivity contribution in [3.63, 3.8) is 0 Å². The maximum absolute atomic E-state index is 13.4. The molecular weight excluding hydrogens is 402 g/mol. The topological polar surface area (TPSA) is 75.9 Å². The van der Waals surface area contributed by atoms with Crippen molar-refractivity contribution < 1.29 is 13.6 Å². The van der Waals surface area contributed by atoms with Crippen LogP contribution in [0.25, 0.3) is 5.57 Å². The van der Waals surface area contributed by atoms with E-state index in [4.69, 9.17) is 11.6 Å². The van der Waals surface area contributed by atoms with Crippen LogP contribution in [0.5, 0.6) is 0 Å². The molecule has 1 amide bonds. The SMILES string of the molecule is Cn1cc(Nc2ncc(Cl)c(C3=C[C@@H]4CC[C@H](C3)N4C(=O)[C@@H]3CC3(F)F)n2)cn1. The summed E-state index contributed by atoms with van der Waals surface area (Å²) in [5.74, 6) is -4.03. The molecule has 2 fully saturated rings. The maximum atomic E-state index is 13.4. The smallest absolute Gasteiger partial charge is 0.260 e. The van der Waals surface area contributed by atoms with Gasteiger partial charge in [-0.3, -0.25) is 9.48 Å². The minimum atomic E-state index is -2.84. The van der Waals surface area contributed by atoms with Crippen LogP contribution < -0.4 is 5.32 Å². The van der Waals surface area contributed by atoms with Gasteiger partial charge in [-0.05, 0) is 24.8 Å². The minimum Gasteiger partial charge on any atom is -0.332 e. The number of hydrogen-bond acceptors (Lipinski definition) is 5.